The molecule has 1 rings (SSSR count). The number of hydrogen-bond acceptors (Lipinski definition) is 2. The molecule has 0 bridgehead atoms. The average molecular weight is 100 g/mol. The molecular weight excluding hydrogens is 90.1 g/mol. The van der Waals surface area contributed by atoms with Gasteiger partial charge in [-0.2, -0.15) is 0 Å². The Labute approximate surface area is 43.3 Å². The maximum atomic E-state index is 7.10. The first-order valence-corrected chi connectivity index (χ1v) is 2.55. The largest absolute Gasteiger partial charge is 0.313 e. The standard InChI is InChI=1S/C4H10N3/c5-4-3-6-1-2-7-4/h4-7H,1-3H2. The van der Waals surface area contributed by atoms with Crippen molar-refractivity contribution in [2.75, 3.05) is 19.6 Å². The Kier molecular flexibility index (Phi) is 1.62. The van der Waals surface area contributed by atoms with Crippen molar-refractivity contribution in [3.8, 4) is 0 Å². The van der Waals surface area contributed by atoms with Crippen LogP contribution >= 0.6 is 0 Å². The van der Waals surface area contributed by atoms with E-state index in [0.29, 0.717) is 0 Å². The molecule has 0 aromatic rings. The van der Waals surface area contributed by atoms with Crippen molar-refractivity contribution in [2.45, 2.75) is 6.17 Å². The molecule has 1 fully saturated rings. The van der Waals surface area contributed by atoms with E-state index in [1.807, 2.05) is 0 Å². The molecule has 3 N–H and O–H groups in total. The van der Waals surface area contributed by atoms with Crippen molar-refractivity contribution in [1.29, 1.82) is 0 Å². The first kappa shape index (κ1) is 5.03. The predicted octanol–water partition coefficient (Wildman–Crippen LogP) is -1.21. The van der Waals surface area contributed by atoms with Crippen LogP contribution in [-0.4, -0.2) is 25.8 Å². The van der Waals surface area contributed by atoms with Gasteiger partial charge in [0.15, 0.2) is 0 Å². The summed E-state index contributed by atoms with van der Waals surface area (Å²) in [6, 6.07) is 0. The highest BCUT2D eigenvalue weighted by atomic mass is 15.1. The van der Waals surface area contributed by atoms with Crippen LogP contribution in [0.25, 0.3) is 0 Å². The molecule has 0 spiro atoms. The maximum absolute atomic E-state index is 7.10. The third kappa shape index (κ3) is 1.43. The third-order valence-corrected chi connectivity index (χ3v) is 1.04. The van der Waals surface area contributed by atoms with Crippen LogP contribution in [0.3, 0.4) is 0 Å². The molecule has 1 saturated heterocycles. The van der Waals surface area contributed by atoms with Gasteiger partial charge in [-0.1, -0.05) is 0 Å². The van der Waals surface area contributed by atoms with E-state index in [2.05, 4.69) is 10.6 Å². The second kappa shape index (κ2) is 2.26. The van der Waals surface area contributed by atoms with Crippen molar-refractivity contribution in [3.05, 3.63) is 0 Å². The van der Waals surface area contributed by atoms with Crippen LogP contribution in [0.2, 0.25) is 0 Å². The molecule has 0 saturated carbocycles. The SMILES string of the molecule is [NH]C1CNCCN1. The minimum absolute atomic E-state index is 0.0752. The highest BCUT2D eigenvalue weighted by molar-refractivity contribution is 4.67. The van der Waals surface area contributed by atoms with Gasteiger partial charge in [-0.25, -0.2) is 5.73 Å². The van der Waals surface area contributed by atoms with Gasteiger partial charge in [0, 0.05) is 19.6 Å². The van der Waals surface area contributed by atoms with Gasteiger partial charge in [-0.15, -0.1) is 0 Å². The van der Waals surface area contributed by atoms with Gasteiger partial charge in [0.2, 0.25) is 0 Å². The fourth-order valence-electron chi connectivity index (χ4n) is 0.653. The van der Waals surface area contributed by atoms with Crippen LogP contribution in [0.5, 0.6) is 0 Å². The van der Waals surface area contributed by atoms with Gasteiger partial charge in [0.1, 0.15) is 0 Å². The van der Waals surface area contributed by atoms with Crippen molar-refractivity contribution in [1.82, 2.24) is 16.4 Å². The second-order valence-corrected chi connectivity index (χ2v) is 1.71. The molecule has 41 valence electrons. The number of piperazine rings is 1. The Balaban J connectivity index is 2.12. The highest BCUT2D eigenvalue weighted by Crippen LogP contribution is 1.75. The van der Waals surface area contributed by atoms with E-state index in [1.54, 1.807) is 0 Å². The minimum Gasteiger partial charge on any atom is -0.313 e. The summed E-state index contributed by atoms with van der Waals surface area (Å²) >= 11 is 0. The predicted molar refractivity (Wildman–Crippen MR) is 27.8 cm³/mol. The Morgan fingerprint density at radius 3 is 2.57 bits per heavy atom. The first-order chi connectivity index (χ1) is 3.39. The van der Waals surface area contributed by atoms with Gasteiger partial charge in [-0.05, 0) is 0 Å². The fourth-order valence-corrected chi connectivity index (χ4v) is 0.653. The number of rotatable bonds is 0. The topological polar surface area (TPSA) is 47.9 Å². The molecular formula is C4H10N3. The van der Waals surface area contributed by atoms with Crippen LogP contribution in [0.15, 0.2) is 0 Å². The normalized spacial score (nSPS) is 33.0. The minimum atomic E-state index is -0.0752. The Morgan fingerprint density at radius 2 is 2.29 bits per heavy atom. The van der Waals surface area contributed by atoms with E-state index in [9.17, 15) is 0 Å². The summed E-state index contributed by atoms with van der Waals surface area (Å²) < 4.78 is 0. The summed E-state index contributed by atoms with van der Waals surface area (Å²) in [7, 11) is 0. The second-order valence-electron chi connectivity index (χ2n) is 1.71. The van der Waals surface area contributed by atoms with Gasteiger partial charge in [0.25, 0.3) is 0 Å². The van der Waals surface area contributed by atoms with Crippen LogP contribution in [0.4, 0.5) is 0 Å². The lowest BCUT2D eigenvalue weighted by Gasteiger charge is -2.18. The van der Waals surface area contributed by atoms with Gasteiger partial charge in [0.05, 0.1) is 6.17 Å². The zero-order chi connectivity index (χ0) is 5.11. The highest BCUT2D eigenvalue weighted by Gasteiger charge is 2.04. The van der Waals surface area contributed by atoms with E-state index in [0.717, 1.165) is 19.6 Å². The molecule has 0 aromatic heterocycles. The molecule has 7 heavy (non-hydrogen) atoms. The summed E-state index contributed by atoms with van der Waals surface area (Å²) in [5.41, 5.74) is 7.10. The van der Waals surface area contributed by atoms with E-state index < -0.39 is 0 Å². The van der Waals surface area contributed by atoms with Crippen LogP contribution in [0, 0.1) is 0 Å². The Bertz CT molecular complexity index is 48.9. The van der Waals surface area contributed by atoms with Gasteiger partial charge in [-0.3, -0.25) is 5.32 Å². The van der Waals surface area contributed by atoms with E-state index in [-0.39, 0.29) is 6.17 Å². The molecule has 1 atom stereocenters. The van der Waals surface area contributed by atoms with E-state index >= 15 is 0 Å². The monoisotopic (exact) mass is 100 g/mol. The van der Waals surface area contributed by atoms with Crippen LogP contribution in [-0.2, 0) is 0 Å². The van der Waals surface area contributed by atoms with Crippen molar-refractivity contribution >= 4 is 0 Å². The zero-order valence-corrected chi connectivity index (χ0v) is 4.20. The summed E-state index contributed by atoms with van der Waals surface area (Å²) in [6.45, 7) is 2.74. The van der Waals surface area contributed by atoms with Crippen molar-refractivity contribution in [3.63, 3.8) is 0 Å². The lowest BCUT2D eigenvalue weighted by atomic mass is 10.4. The molecule has 1 unspecified atom stereocenters. The molecule has 3 heteroatoms. The van der Waals surface area contributed by atoms with E-state index in [1.165, 1.54) is 0 Å². The van der Waals surface area contributed by atoms with Gasteiger partial charge >= 0.3 is 0 Å². The maximum Gasteiger partial charge on any atom is 0.0831 e. The van der Waals surface area contributed by atoms with E-state index in [4.69, 9.17) is 5.73 Å². The average Bonchev–Trinajstić information content (AvgIpc) is 1.69. The first-order valence-electron chi connectivity index (χ1n) is 2.55. The Hall–Kier alpha value is -0.120. The summed E-state index contributed by atoms with van der Waals surface area (Å²) in [5.74, 6) is 0. The van der Waals surface area contributed by atoms with Crippen molar-refractivity contribution in [2.24, 2.45) is 0 Å². The lowest BCUT2D eigenvalue weighted by Crippen LogP contribution is -2.48. The quantitative estimate of drug-likeness (QED) is 0.401. The molecule has 0 aliphatic carbocycles. The molecule has 1 aliphatic rings. The number of hydrogen-bond donors (Lipinski definition) is 2. The van der Waals surface area contributed by atoms with Crippen molar-refractivity contribution < 1.29 is 0 Å². The molecule has 1 radical (unpaired) electrons. The van der Waals surface area contributed by atoms with Crippen LogP contribution < -0.4 is 16.4 Å². The third-order valence-electron chi connectivity index (χ3n) is 1.04. The van der Waals surface area contributed by atoms with Gasteiger partial charge < -0.3 is 5.32 Å². The smallest absolute Gasteiger partial charge is 0.0831 e. The molecule has 1 heterocycles. The molecule has 0 amide bonds. The molecule has 3 nitrogen and oxygen atoms in total. The molecule has 1 aliphatic heterocycles. The molecule has 0 aromatic carbocycles. The number of nitrogens with one attached hydrogen (secondary N) is 3. The fraction of sp³-hybridized carbons (Fsp3) is 1.00. The zero-order valence-electron chi connectivity index (χ0n) is 4.20. The lowest BCUT2D eigenvalue weighted by molar-refractivity contribution is 0.419. The summed E-state index contributed by atoms with van der Waals surface area (Å²) in [6.07, 6.45) is -0.0752. The summed E-state index contributed by atoms with van der Waals surface area (Å²) in [5, 5.41) is 6.07. The van der Waals surface area contributed by atoms with Crippen LogP contribution in [0.1, 0.15) is 0 Å². The Morgan fingerprint density at radius 1 is 1.43 bits per heavy atom. The summed E-state index contributed by atoms with van der Waals surface area (Å²) in [4.78, 5) is 0.